The van der Waals surface area contributed by atoms with Crippen LogP contribution >= 0.6 is 11.3 Å². The minimum Gasteiger partial charge on any atom is -0.351 e. The number of anilines is 1. The molecule has 0 unspecified atom stereocenters. The molecule has 3 aromatic rings. The van der Waals surface area contributed by atoms with Crippen LogP contribution < -0.4 is 5.32 Å². The minimum atomic E-state index is -0.388. The molecule has 3 rings (SSSR count). The maximum absolute atomic E-state index is 11.9. The Bertz CT molecular complexity index is 736. The summed E-state index contributed by atoms with van der Waals surface area (Å²) in [6.07, 6.45) is 0. The number of nitrogens with zero attached hydrogens (tertiary/aromatic N) is 3. The van der Waals surface area contributed by atoms with E-state index >= 15 is 0 Å². The second-order valence-electron chi connectivity index (χ2n) is 4.07. The van der Waals surface area contributed by atoms with Crippen LogP contribution in [0, 0.1) is 6.92 Å². The van der Waals surface area contributed by atoms with Gasteiger partial charge >= 0.3 is 0 Å². The molecule has 0 spiro atoms. The molecule has 0 fully saturated rings. The summed E-state index contributed by atoms with van der Waals surface area (Å²) < 4.78 is 4.88. The molecule has 20 heavy (non-hydrogen) atoms. The van der Waals surface area contributed by atoms with E-state index < -0.39 is 0 Å². The summed E-state index contributed by atoms with van der Waals surface area (Å²) in [6, 6.07) is 11.2. The Hall–Kier alpha value is -2.54. The summed E-state index contributed by atoms with van der Waals surface area (Å²) in [5, 5.41) is 15.4. The highest BCUT2D eigenvalue weighted by Gasteiger charge is 2.14. The van der Waals surface area contributed by atoms with Gasteiger partial charge in [-0.25, -0.2) is 0 Å². The van der Waals surface area contributed by atoms with Crippen molar-refractivity contribution in [2.45, 2.75) is 6.92 Å². The molecule has 2 heterocycles. The maximum Gasteiger partial charge on any atom is 0.296 e. The highest BCUT2D eigenvalue weighted by atomic mass is 32.1. The Morgan fingerprint density at radius 3 is 2.75 bits per heavy atom. The molecule has 0 aliphatic rings. The van der Waals surface area contributed by atoms with Crippen molar-refractivity contribution in [2.75, 3.05) is 5.32 Å². The first-order chi connectivity index (χ1) is 9.72. The minimum absolute atomic E-state index is 0.152. The van der Waals surface area contributed by atoms with Gasteiger partial charge in [0.15, 0.2) is 0 Å². The Balaban J connectivity index is 1.76. The third-order valence-electron chi connectivity index (χ3n) is 2.52. The molecule has 0 saturated carbocycles. The number of aryl methyl sites for hydroxylation is 1. The van der Waals surface area contributed by atoms with E-state index in [1.54, 1.807) is 13.0 Å². The van der Waals surface area contributed by atoms with Gasteiger partial charge in [-0.05, 0) is 6.92 Å². The van der Waals surface area contributed by atoms with Crippen molar-refractivity contribution in [3.05, 3.63) is 47.9 Å². The second kappa shape index (κ2) is 5.22. The molecule has 0 aliphatic heterocycles. The summed E-state index contributed by atoms with van der Waals surface area (Å²) in [4.78, 5) is 11.9. The topological polar surface area (TPSA) is 80.9 Å². The molecule has 0 bridgehead atoms. The van der Waals surface area contributed by atoms with E-state index in [1.165, 1.54) is 11.3 Å². The number of hydrogen-bond acceptors (Lipinski definition) is 6. The number of nitrogens with one attached hydrogen (secondary N) is 1. The standard InChI is InChI=1S/C13H10N4O2S/c1-8-7-10(19-17-8)11(18)14-13-16-15-12(20-13)9-5-3-2-4-6-9/h2-7H,1H3,(H,14,16,18). The van der Waals surface area contributed by atoms with Gasteiger partial charge in [-0.1, -0.05) is 46.8 Å². The first-order valence-corrected chi connectivity index (χ1v) is 6.67. The molecule has 0 atom stereocenters. The first-order valence-electron chi connectivity index (χ1n) is 5.86. The molecule has 1 N–H and O–H groups in total. The predicted molar refractivity (Wildman–Crippen MR) is 74.5 cm³/mol. The van der Waals surface area contributed by atoms with E-state index in [0.29, 0.717) is 10.8 Å². The first kappa shape index (κ1) is 12.5. The number of amides is 1. The zero-order chi connectivity index (χ0) is 13.9. The lowest BCUT2D eigenvalue weighted by Gasteiger charge is -1.95. The number of carbonyl (C=O) groups excluding carboxylic acids is 1. The van der Waals surface area contributed by atoms with Crippen LogP contribution in [0.2, 0.25) is 0 Å². The van der Waals surface area contributed by atoms with E-state index in [1.807, 2.05) is 30.3 Å². The number of carbonyl (C=O) groups is 1. The molecule has 2 aromatic heterocycles. The fourth-order valence-electron chi connectivity index (χ4n) is 1.60. The molecule has 6 nitrogen and oxygen atoms in total. The average molecular weight is 286 g/mol. The van der Waals surface area contributed by atoms with Gasteiger partial charge < -0.3 is 4.52 Å². The van der Waals surface area contributed by atoms with Crippen molar-refractivity contribution < 1.29 is 9.32 Å². The second-order valence-corrected chi connectivity index (χ2v) is 5.04. The number of aromatic nitrogens is 3. The third-order valence-corrected chi connectivity index (χ3v) is 3.41. The Morgan fingerprint density at radius 1 is 1.25 bits per heavy atom. The van der Waals surface area contributed by atoms with Gasteiger partial charge in [0.2, 0.25) is 10.9 Å². The van der Waals surface area contributed by atoms with E-state index in [-0.39, 0.29) is 11.7 Å². The van der Waals surface area contributed by atoms with Crippen molar-refractivity contribution >= 4 is 22.4 Å². The molecule has 0 aliphatic carbocycles. The van der Waals surface area contributed by atoms with E-state index in [2.05, 4.69) is 20.7 Å². The normalized spacial score (nSPS) is 10.4. The summed E-state index contributed by atoms with van der Waals surface area (Å²) in [7, 11) is 0. The van der Waals surface area contributed by atoms with Crippen LogP contribution in [0.15, 0.2) is 40.9 Å². The van der Waals surface area contributed by atoms with Gasteiger partial charge in [-0.3, -0.25) is 10.1 Å². The highest BCUT2D eigenvalue weighted by molar-refractivity contribution is 7.18. The van der Waals surface area contributed by atoms with Crippen LogP contribution in [-0.2, 0) is 0 Å². The lowest BCUT2D eigenvalue weighted by atomic mass is 10.2. The average Bonchev–Trinajstić information content (AvgIpc) is 3.09. The zero-order valence-corrected chi connectivity index (χ0v) is 11.3. The van der Waals surface area contributed by atoms with Gasteiger partial charge in [0.1, 0.15) is 5.01 Å². The summed E-state index contributed by atoms with van der Waals surface area (Å²) in [5.74, 6) is -0.236. The van der Waals surface area contributed by atoms with Crippen molar-refractivity contribution in [1.82, 2.24) is 15.4 Å². The van der Waals surface area contributed by atoms with E-state index in [4.69, 9.17) is 4.52 Å². The van der Waals surface area contributed by atoms with Crippen molar-refractivity contribution in [3.63, 3.8) is 0 Å². The van der Waals surface area contributed by atoms with Gasteiger partial charge in [-0.2, -0.15) is 0 Å². The molecular formula is C13H10N4O2S. The number of hydrogen-bond donors (Lipinski definition) is 1. The van der Waals surface area contributed by atoms with Gasteiger partial charge in [0.05, 0.1) is 5.69 Å². The molecule has 0 radical (unpaired) electrons. The molecule has 1 amide bonds. The van der Waals surface area contributed by atoms with Crippen molar-refractivity contribution in [2.24, 2.45) is 0 Å². The van der Waals surface area contributed by atoms with E-state index in [0.717, 1.165) is 10.6 Å². The molecule has 7 heteroatoms. The maximum atomic E-state index is 11.9. The van der Waals surface area contributed by atoms with Crippen LogP contribution in [-0.4, -0.2) is 21.3 Å². The van der Waals surface area contributed by atoms with Crippen molar-refractivity contribution in [3.8, 4) is 10.6 Å². The van der Waals surface area contributed by atoms with Crippen LogP contribution in [0.3, 0.4) is 0 Å². The molecule has 0 saturated heterocycles. The quantitative estimate of drug-likeness (QED) is 0.800. The van der Waals surface area contributed by atoms with Crippen LogP contribution in [0.1, 0.15) is 16.2 Å². The Morgan fingerprint density at radius 2 is 2.05 bits per heavy atom. The monoisotopic (exact) mass is 286 g/mol. The lowest BCUT2D eigenvalue weighted by molar-refractivity contribution is 0.0988. The summed E-state index contributed by atoms with van der Waals surface area (Å²) >= 11 is 1.30. The summed E-state index contributed by atoms with van der Waals surface area (Å²) in [6.45, 7) is 1.75. The third kappa shape index (κ3) is 2.57. The van der Waals surface area contributed by atoms with E-state index in [9.17, 15) is 4.79 Å². The fourth-order valence-corrected chi connectivity index (χ4v) is 2.34. The van der Waals surface area contributed by atoms with Gasteiger partial charge in [0.25, 0.3) is 5.91 Å². The van der Waals surface area contributed by atoms with Crippen LogP contribution in [0.4, 0.5) is 5.13 Å². The molecule has 100 valence electrons. The predicted octanol–water partition coefficient (Wildman–Crippen LogP) is 2.75. The SMILES string of the molecule is Cc1cc(C(=O)Nc2nnc(-c3ccccc3)s2)on1. The van der Waals surface area contributed by atoms with Gasteiger partial charge in [0, 0.05) is 11.6 Å². The molecular weight excluding hydrogens is 276 g/mol. The highest BCUT2D eigenvalue weighted by Crippen LogP contribution is 2.26. The summed E-state index contributed by atoms with van der Waals surface area (Å²) in [5.41, 5.74) is 1.61. The fraction of sp³-hybridized carbons (Fsp3) is 0.0769. The largest absolute Gasteiger partial charge is 0.351 e. The van der Waals surface area contributed by atoms with Crippen LogP contribution in [0.5, 0.6) is 0 Å². The zero-order valence-electron chi connectivity index (χ0n) is 10.5. The molecule has 1 aromatic carbocycles. The lowest BCUT2D eigenvalue weighted by Crippen LogP contribution is -2.10. The number of rotatable bonds is 3. The van der Waals surface area contributed by atoms with Crippen LogP contribution in [0.25, 0.3) is 10.6 Å². The Kier molecular flexibility index (Phi) is 3.26. The number of benzene rings is 1. The van der Waals surface area contributed by atoms with Crippen molar-refractivity contribution in [1.29, 1.82) is 0 Å². The Labute approximate surface area is 118 Å². The van der Waals surface area contributed by atoms with Gasteiger partial charge in [-0.15, -0.1) is 10.2 Å². The smallest absolute Gasteiger partial charge is 0.296 e.